The Kier molecular flexibility index (Phi) is 3.98. The lowest BCUT2D eigenvalue weighted by atomic mass is 9.95. The van der Waals surface area contributed by atoms with Crippen LogP contribution in [0.1, 0.15) is 26.3 Å². The summed E-state index contributed by atoms with van der Waals surface area (Å²) in [6.45, 7) is 5.35. The number of piperazine rings is 1. The summed E-state index contributed by atoms with van der Waals surface area (Å²) in [4.78, 5) is 25.9. The van der Waals surface area contributed by atoms with E-state index in [1.807, 2.05) is 0 Å². The highest BCUT2D eigenvalue weighted by Gasteiger charge is 2.44. The summed E-state index contributed by atoms with van der Waals surface area (Å²) in [5, 5.41) is 3.74. The molecule has 6 heteroatoms. The molecule has 1 aromatic rings. The second-order valence-corrected chi connectivity index (χ2v) is 6.26. The molecule has 4 nitrogen and oxygen atoms in total. The molecule has 0 aromatic heterocycles. The summed E-state index contributed by atoms with van der Waals surface area (Å²) in [5.41, 5.74) is -0.197. The van der Waals surface area contributed by atoms with E-state index in [0.29, 0.717) is 10.0 Å². The predicted molar refractivity (Wildman–Crippen MR) is 78.7 cm³/mol. The summed E-state index contributed by atoms with van der Waals surface area (Å²) in [6.07, 6.45) is 0. The molecule has 1 atom stereocenters. The molecule has 0 spiro atoms. The van der Waals surface area contributed by atoms with Gasteiger partial charge in [-0.15, -0.1) is 0 Å². The molecule has 1 aromatic carbocycles. The largest absolute Gasteiger partial charge is 0.343 e. The van der Waals surface area contributed by atoms with Crippen LogP contribution in [0.3, 0.4) is 0 Å². The van der Waals surface area contributed by atoms with Gasteiger partial charge in [0, 0.05) is 16.6 Å². The fourth-order valence-corrected chi connectivity index (χ4v) is 2.55. The first kappa shape index (κ1) is 15.1. The minimum absolute atomic E-state index is 0.134. The van der Waals surface area contributed by atoms with Crippen LogP contribution in [0.15, 0.2) is 18.2 Å². The monoisotopic (exact) mass is 314 g/mol. The third-order valence-electron chi connectivity index (χ3n) is 3.55. The first-order valence-corrected chi connectivity index (χ1v) is 7.05. The van der Waals surface area contributed by atoms with Crippen LogP contribution in [0.2, 0.25) is 10.0 Å². The Labute approximate surface area is 128 Å². The topological polar surface area (TPSA) is 49.4 Å². The summed E-state index contributed by atoms with van der Waals surface area (Å²) in [7, 11) is 0. The van der Waals surface area contributed by atoms with E-state index in [0.717, 1.165) is 5.56 Å². The molecule has 0 bridgehead atoms. The highest BCUT2D eigenvalue weighted by molar-refractivity contribution is 6.33. The molecular formula is C14H16Cl2N2O2. The van der Waals surface area contributed by atoms with E-state index in [2.05, 4.69) is 5.32 Å². The number of nitrogens with zero attached hydrogens (tertiary/aromatic N) is 1. The third-order valence-corrected chi connectivity index (χ3v) is 4.15. The molecule has 1 heterocycles. The maximum Gasteiger partial charge on any atom is 0.246 e. The van der Waals surface area contributed by atoms with Gasteiger partial charge >= 0.3 is 0 Å². The van der Waals surface area contributed by atoms with Crippen LogP contribution in [0.4, 0.5) is 0 Å². The van der Waals surface area contributed by atoms with Gasteiger partial charge in [0.2, 0.25) is 11.8 Å². The van der Waals surface area contributed by atoms with Crippen molar-refractivity contribution in [1.29, 1.82) is 0 Å². The zero-order valence-electron chi connectivity index (χ0n) is 11.5. The average Bonchev–Trinajstić information content (AvgIpc) is 2.37. The van der Waals surface area contributed by atoms with Crippen molar-refractivity contribution >= 4 is 35.0 Å². The zero-order valence-corrected chi connectivity index (χ0v) is 13.0. The number of nitrogens with one attached hydrogen (secondary N) is 1. The molecule has 1 fully saturated rings. The van der Waals surface area contributed by atoms with Gasteiger partial charge in [0.05, 0.1) is 0 Å². The first-order chi connectivity index (χ1) is 9.23. The molecule has 1 aliphatic rings. The van der Waals surface area contributed by atoms with Crippen molar-refractivity contribution in [3.8, 4) is 0 Å². The molecular weight excluding hydrogens is 299 g/mol. The Hall–Kier alpha value is -1.26. The molecule has 0 saturated carbocycles. The van der Waals surface area contributed by atoms with Gasteiger partial charge in [-0.05, 0) is 44.5 Å². The van der Waals surface area contributed by atoms with E-state index in [4.69, 9.17) is 23.2 Å². The van der Waals surface area contributed by atoms with E-state index in [1.165, 1.54) is 4.90 Å². The third kappa shape index (κ3) is 2.63. The maximum atomic E-state index is 12.3. The molecule has 0 radical (unpaired) electrons. The zero-order chi connectivity index (χ0) is 15.1. The van der Waals surface area contributed by atoms with Crippen molar-refractivity contribution < 1.29 is 9.59 Å². The second-order valence-electron chi connectivity index (χ2n) is 5.41. The number of halogens is 2. The van der Waals surface area contributed by atoms with Crippen LogP contribution >= 0.6 is 23.2 Å². The van der Waals surface area contributed by atoms with E-state index >= 15 is 0 Å². The minimum atomic E-state index is -0.921. The van der Waals surface area contributed by atoms with Gasteiger partial charge in [0.25, 0.3) is 0 Å². The van der Waals surface area contributed by atoms with E-state index in [1.54, 1.807) is 39.0 Å². The summed E-state index contributed by atoms with van der Waals surface area (Å²) in [6, 6.07) is 4.55. The average molecular weight is 315 g/mol. The van der Waals surface area contributed by atoms with Crippen molar-refractivity contribution in [3.05, 3.63) is 33.8 Å². The maximum absolute atomic E-state index is 12.3. The number of rotatable bonds is 2. The van der Waals surface area contributed by atoms with E-state index < -0.39 is 11.6 Å². The van der Waals surface area contributed by atoms with Crippen LogP contribution in [-0.2, 0) is 16.1 Å². The van der Waals surface area contributed by atoms with E-state index in [9.17, 15) is 9.59 Å². The Bertz CT molecular complexity index is 572. The Balaban J connectivity index is 2.36. The lowest BCUT2D eigenvalue weighted by Crippen LogP contribution is -2.67. The van der Waals surface area contributed by atoms with Crippen molar-refractivity contribution in [3.63, 3.8) is 0 Å². The molecule has 2 rings (SSSR count). The van der Waals surface area contributed by atoms with Crippen LogP contribution in [-0.4, -0.2) is 28.3 Å². The van der Waals surface area contributed by atoms with Gasteiger partial charge in [0.15, 0.2) is 0 Å². The number of hydrogen-bond acceptors (Lipinski definition) is 2. The normalized spacial score (nSPS) is 21.9. The molecule has 2 amide bonds. The lowest BCUT2D eigenvalue weighted by molar-refractivity contribution is -0.155. The van der Waals surface area contributed by atoms with Gasteiger partial charge in [-0.1, -0.05) is 23.2 Å². The van der Waals surface area contributed by atoms with Crippen molar-refractivity contribution in [1.82, 2.24) is 10.2 Å². The summed E-state index contributed by atoms with van der Waals surface area (Å²) in [5.74, 6) is -0.312. The number of hydrogen-bond donors (Lipinski definition) is 1. The fourth-order valence-electron chi connectivity index (χ4n) is 2.18. The number of carbonyl (C=O) groups excluding carboxylic acids is 2. The molecule has 1 aliphatic heterocycles. The molecule has 0 aliphatic carbocycles. The summed E-state index contributed by atoms with van der Waals surface area (Å²) >= 11 is 12.1. The Morgan fingerprint density at radius 1 is 1.30 bits per heavy atom. The highest BCUT2D eigenvalue weighted by Crippen LogP contribution is 2.28. The van der Waals surface area contributed by atoms with Crippen molar-refractivity contribution in [2.45, 2.75) is 38.9 Å². The number of carbonyl (C=O) groups is 2. The molecule has 108 valence electrons. The predicted octanol–water partition coefficient (Wildman–Crippen LogP) is 2.62. The lowest BCUT2D eigenvalue weighted by Gasteiger charge is -2.43. The van der Waals surface area contributed by atoms with E-state index in [-0.39, 0.29) is 18.4 Å². The first-order valence-electron chi connectivity index (χ1n) is 6.30. The smallest absolute Gasteiger partial charge is 0.246 e. The SMILES string of the molecule is CC1NC(=O)C(C)(C)N(Cc2cc(Cl)ccc2Cl)C1=O. The van der Waals surface area contributed by atoms with Crippen LogP contribution in [0.25, 0.3) is 0 Å². The van der Waals surface area contributed by atoms with Gasteiger partial charge < -0.3 is 10.2 Å². The molecule has 1 N–H and O–H groups in total. The van der Waals surface area contributed by atoms with Gasteiger partial charge in [-0.25, -0.2) is 0 Å². The molecule has 20 heavy (non-hydrogen) atoms. The standard InChI is InChI=1S/C14H16Cl2N2O2/c1-8-12(19)18(14(2,3)13(20)17-8)7-9-6-10(15)4-5-11(9)16/h4-6,8H,7H2,1-3H3,(H,17,20). The molecule has 1 saturated heterocycles. The quantitative estimate of drug-likeness (QED) is 0.912. The minimum Gasteiger partial charge on any atom is -0.343 e. The number of amides is 2. The van der Waals surface area contributed by atoms with Crippen LogP contribution in [0.5, 0.6) is 0 Å². The number of benzene rings is 1. The fraction of sp³-hybridized carbons (Fsp3) is 0.429. The van der Waals surface area contributed by atoms with Crippen LogP contribution in [0, 0.1) is 0 Å². The van der Waals surface area contributed by atoms with Crippen molar-refractivity contribution in [2.75, 3.05) is 0 Å². The van der Waals surface area contributed by atoms with Gasteiger partial charge in [-0.2, -0.15) is 0 Å². The second kappa shape index (κ2) is 5.26. The van der Waals surface area contributed by atoms with Crippen LogP contribution < -0.4 is 5.32 Å². The Morgan fingerprint density at radius 3 is 2.60 bits per heavy atom. The van der Waals surface area contributed by atoms with Crippen molar-refractivity contribution in [2.24, 2.45) is 0 Å². The Morgan fingerprint density at radius 2 is 1.95 bits per heavy atom. The van der Waals surface area contributed by atoms with Gasteiger partial charge in [-0.3, -0.25) is 9.59 Å². The highest BCUT2D eigenvalue weighted by atomic mass is 35.5. The molecule has 1 unspecified atom stereocenters. The summed E-state index contributed by atoms with van der Waals surface area (Å²) < 4.78 is 0. The van der Waals surface area contributed by atoms with Gasteiger partial charge in [0.1, 0.15) is 11.6 Å².